The zero-order valence-electron chi connectivity index (χ0n) is 18.3. The second-order valence-corrected chi connectivity index (χ2v) is 8.25. The summed E-state index contributed by atoms with van der Waals surface area (Å²) in [5, 5.41) is 3.01. The highest BCUT2D eigenvalue weighted by atomic mass is 19.1. The Morgan fingerprint density at radius 2 is 1.39 bits per heavy atom. The number of rotatable bonds is 6. The first-order valence-electron chi connectivity index (χ1n) is 11.1. The average Bonchev–Trinajstić information content (AvgIpc) is 2.80. The molecular formula is C25H34F2N2O2. The van der Waals surface area contributed by atoms with Crippen molar-refractivity contribution in [3.63, 3.8) is 0 Å². The van der Waals surface area contributed by atoms with E-state index in [0.29, 0.717) is 26.3 Å². The zero-order valence-corrected chi connectivity index (χ0v) is 18.3. The predicted molar refractivity (Wildman–Crippen MR) is 119 cm³/mol. The second kappa shape index (κ2) is 12.9. The standard InChI is InChI=1S/C13H18FNO.C12H16FNO/c1-15-8-7-13(12(14)9-15)16-10-11-5-3-2-4-6-11;13-11-8-14-7-6-12(11)15-9-10-4-2-1-3-5-10/h2-6,12-13H,7-10H2,1H3;1-5,11-12,14H,6-9H2. The number of hydrogen-bond donors (Lipinski definition) is 1. The number of nitrogens with one attached hydrogen (secondary N) is 1. The largest absolute Gasteiger partial charge is 0.370 e. The maximum absolute atomic E-state index is 13.6. The Morgan fingerprint density at radius 1 is 0.839 bits per heavy atom. The van der Waals surface area contributed by atoms with Gasteiger partial charge in [-0.1, -0.05) is 60.7 Å². The molecule has 2 heterocycles. The Balaban J connectivity index is 0.000000176. The van der Waals surface area contributed by atoms with E-state index >= 15 is 0 Å². The van der Waals surface area contributed by atoms with Gasteiger partial charge in [0.05, 0.1) is 25.4 Å². The van der Waals surface area contributed by atoms with Crippen molar-refractivity contribution in [3.05, 3.63) is 71.8 Å². The molecule has 4 atom stereocenters. The van der Waals surface area contributed by atoms with Crippen LogP contribution < -0.4 is 5.32 Å². The van der Waals surface area contributed by atoms with Gasteiger partial charge in [0.25, 0.3) is 0 Å². The third-order valence-corrected chi connectivity index (χ3v) is 5.65. The highest BCUT2D eigenvalue weighted by Gasteiger charge is 2.28. The first-order chi connectivity index (χ1) is 15.1. The minimum atomic E-state index is -0.873. The van der Waals surface area contributed by atoms with E-state index in [1.807, 2.05) is 72.6 Å². The summed E-state index contributed by atoms with van der Waals surface area (Å²) < 4.78 is 38.2. The quantitative estimate of drug-likeness (QED) is 0.744. The predicted octanol–water partition coefficient (Wildman–Crippen LogP) is 4.15. The van der Waals surface area contributed by atoms with Crippen LogP contribution in [0.2, 0.25) is 0 Å². The van der Waals surface area contributed by atoms with Crippen molar-refractivity contribution in [1.82, 2.24) is 10.2 Å². The van der Waals surface area contributed by atoms with Crippen LogP contribution in [0.15, 0.2) is 60.7 Å². The highest BCUT2D eigenvalue weighted by Crippen LogP contribution is 2.18. The molecule has 0 spiro atoms. The van der Waals surface area contributed by atoms with Gasteiger partial charge in [-0.25, -0.2) is 8.78 Å². The molecule has 6 heteroatoms. The fourth-order valence-corrected chi connectivity index (χ4v) is 3.76. The molecule has 2 aromatic carbocycles. The third kappa shape index (κ3) is 8.30. The van der Waals surface area contributed by atoms with E-state index in [1.165, 1.54) is 0 Å². The maximum atomic E-state index is 13.6. The minimum Gasteiger partial charge on any atom is -0.370 e. The summed E-state index contributed by atoms with van der Waals surface area (Å²) in [6.45, 7) is 3.68. The number of hydrogen-bond acceptors (Lipinski definition) is 4. The first-order valence-corrected chi connectivity index (χ1v) is 11.1. The fourth-order valence-electron chi connectivity index (χ4n) is 3.76. The van der Waals surface area contributed by atoms with Crippen molar-refractivity contribution in [1.29, 1.82) is 0 Å². The molecule has 2 aromatic rings. The van der Waals surface area contributed by atoms with E-state index in [1.54, 1.807) is 0 Å². The van der Waals surface area contributed by atoms with Gasteiger partial charge >= 0.3 is 0 Å². The molecule has 0 radical (unpaired) electrons. The summed E-state index contributed by atoms with van der Waals surface area (Å²) in [6, 6.07) is 19.8. The zero-order chi connectivity index (χ0) is 21.9. The molecule has 0 bridgehead atoms. The highest BCUT2D eigenvalue weighted by molar-refractivity contribution is 5.14. The summed E-state index contributed by atoms with van der Waals surface area (Å²) in [6.07, 6.45) is -0.675. The molecule has 0 aliphatic carbocycles. The second-order valence-electron chi connectivity index (χ2n) is 8.25. The van der Waals surface area contributed by atoms with Crippen LogP contribution >= 0.6 is 0 Å². The van der Waals surface area contributed by atoms with Crippen LogP contribution in [0.25, 0.3) is 0 Å². The van der Waals surface area contributed by atoms with Gasteiger partial charge in [0.15, 0.2) is 0 Å². The van der Waals surface area contributed by atoms with E-state index in [2.05, 4.69) is 5.32 Å². The fraction of sp³-hybridized carbons (Fsp3) is 0.520. The van der Waals surface area contributed by atoms with Gasteiger partial charge in [-0.05, 0) is 37.6 Å². The van der Waals surface area contributed by atoms with Gasteiger partial charge in [0.1, 0.15) is 12.3 Å². The lowest BCUT2D eigenvalue weighted by atomic mass is 10.1. The molecule has 2 fully saturated rings. The molecule has 2 saturated heterocycles. The summed E-state index contributed by atoms with van der Waals surface area (Å²) in [5.74, 6) is 0. The van der Waals surface area contributed by atoms with E-state index in [0.717, 1.165) is 37.1 Å². The van der Waals surface area contributed by atoms with E-state index in [-0.39, 0.29) is 12.2 Å². The molecule has 4 nitrogen and oxygen atoms in total. The van der Waals surface area contributed by atoms with Crippen molar-refractivity contribution in [2.45, 2.75) is 50.6 Å². The van der Waals surface area contributed by atoms with E-state index in [9.17, 15) is 8.78 Å². The van der Waals surface area contributed by atoms with Crippen molar-refractivity contribution >= 4 is 0 Å². The van der Waals surface area contributed by atoms with Gasteiger partial charge in [-0.15, -0.1) is 0 Å². The SMILES string of the molecule is CN1CCC(OCc2ccccc2)C(F)C1.FC1CNCCC1OCc1ccccc1. The van der Waals surface area contributed by atoms with Crippen LogP contribution in [0, 0.1) is 0 Å². The normalized spacial score (nSPS) is 26.7. The van der Waals surface area contributed by atoms with Gasteiger partial charge in [0.2, 0.25) is 0 Å². The number of benzene rings is 2. The monoisotopic (exact) mass is 432 g/mol. The van der Waals surface area contributed by atoms with Crippen LogP contribution in [0.1, 0.15) is 24.0 Å². The molecule has 1 N–H and O–H groups in total. The van der Waals surface area contributed by atoms with Crippen molar-refractivity contribution in [2.75, 3.05) is 33.2 Å². The van der Waals surface area contributed by atoms with E-state index in [4.69, 9.17) is 9.47 Å². The molecule has 4 rings (SSSR count). The van der Waals surface area contributed by atoms with E-state index < -0.39 is 12.3 Å². The minimum absolute atomic E-state index is 0.239. The molecule has 31 heavy (non-hydrogen) atoms. The number of piperidine rings is 2. The molecule has 4 unspecified atom stereocenters. The topological polar surface area (TPSA) is 33.7 Å². The lowest BCUT2D eigenvalue weighted by Gasteiger charge is -2.32. The maximum Gasteiger partial charge on any atom is 0.139 e. The molecule has 0 saturated carbocycles. The van der Waals surface area contributed by atoms with Crippen LogP contribution in [0.5, 0.6) is 0 Å². The summed E-state index contributed by atoms with van der Waals surface area (Å²) in [7, 11) is 1.94. The van der Waals surface area contributed by atoms with Gasteiger partial charge in [-0.3, -0.25) is 0 Å². The summed E-state index contributed by atoms with van der Waals surface area (Å²) in [5.41, 5.74) is 2.21. The Labute approximate surface area is 184 Å². The molecule has 2 aliphatic heterocycles. The average molecular weight is 433 g/mol. The lowest BCUT2D eigenvalue weighted by Crippen LogP contribution is -2.43. The lowest BCUT2D eigenvalue weighted by molar-refractivity contribution is -0.0492. The van der Waals surface area contributed by atoms with Gasteiger partial charge in [0, 0.05) is 19.6 Å². The van der Waals surface area contributed by atoms with Crippen LogP contribution in [-0.2, 0) is 22.7 Å². The van der Waals surface area contributed by atoms with Crippen LogP contribution in [0.4, 0.5) is 8.78 Å². The molecule has 0 aromatic heterocycles. The summed E-state index contributed by atoms with van der Waals surface area (Å²) >= 11 is 0. The Hall–Kier alpha value is -1.86. The van der Waals surface area contributed by atoms with Crippen LogP contribution in [0.3, 0.4) is 0 Å². The molecular weight excluding hydrogens is 398 g/mol. The number of alkyl halides is 2. The molecule has 2 aliphatic rings. The molecule has 170 valence electrons. The first kappa shape index (κ1) is 23.8. The van der Waals surface area contributed by atoms with Gasteiger partial charge < -0.3 is 19.7 Å². The Kier molecular flexibility index (Phi) is 9.87. The van der Waals surface area contributed by atoms with Crippen molar-refractivity contribution in [3.8, 4) is 0 Å². The van der Waals surface area contributed by atoms with Crippen molar-refractivity contribution in [2.24, 2.45) is 0 Å². The smallest absolute Gasteiger partial charge is 0.139 e. The number of halogens is 2. The van der Waals surface area contributed by atoms with Gasteiger partial charge in [-0.2, -0.15) is 0 Å². The van der Waals surface area contributed by atoms with Crippen LogP contribution in [-0.4, -0.2) is 62.7 Å². The number of likely N-dealkylation sites (tertiary alicyclic amines) is 1. The third-order valence-electron chi connectivity index (χ3n) is 5.65. The Morgan fingerprint density at radius 3 is 1.90 bits per heavy atom. The Bertz CT molecular complexity index is 735. The number of ether oxygens (including phenoxy) is 2. The number of nitrogens with zero attached hydrogens (tertiary/aromatic N) is 1. The summed E-state index contributed by atoms with van der Waals surface area (Å²) in [4.78, 5) is 2.01. The van der Waals surface area contributed by atoms with Crippen molar-refractivity contribution < 1.29 is 18.3 Å². The molecule has 0 amide bonds.